The van der Waals surface area contributed by atoms with Crippen molar-refractivity contribution in [1.82, 2.24) is 46.2 Å². The average Bonchev–Trinajstić information content (AvgIpc) is 4.12. The third-order valence-electron chi connectivity index (χ3n) is 9.59. The van der Waals surface area contributed by atoms with Gasteiger partial charge in [0.25, 0.3) is 35.1 Å². The Bertz CT molecular complexity index is 2270. The number of β-amino-alcohol motifs (C(OH)–C–C–N with tert-alkyl or cyclic N) is 3. The summed E-state index contributed by atoms with van der Waals surface area (Å²) in [7, 11) is 3.42. The van der Waals surface area contributed by atoms with Crippen LogP contribution in [-0.4, -0.2) is 191 Å². The number of nitrogens with one attached hydrogen (secondary N) is 4. The van der Waals surface area contributed by atoms with E-state index in [2.05, 4.69) is 47.2 Å². The first-order valence-corrected chi connectivity index (χ1v) is 22.6. The van der Waals surface area contributed by atoms with Crippen molar-refractivity contribution >= 4 is 57.1 Å². The molecule has 0 radical (unpaired) electrons. The number of rotatable bonds is 15. The lowest BCUT2D eigenvalue weighted by molar-refractivity contribution is -0.163. The SMILES string of the molecule is CN[C@@H]1CON(CCO)C1=O.CN[C@@H]1CONC1=O.Cc1ccc(C(=O)N[C@@H]2CON(CCO)C2=O)cc1-n1cnc(OCc2ccc(F)cc2F)c(Cl)c1=O.N[C@@H]1CON(CCO)C1=O.OCCBr. The van der Waals surface area contributed by atoms with E-state index in [0.717, 1.165) is 27.1 Å². The first-order valence-electron chi connectivity index (χ1n) is 21.1. The molecule has 0 unspecified atom stereocenters. The molecule has 388 valence electrons. The number of hydrogen-bond acceptors (Lipinski definition) is 19. The van der Waals surface area contributed by atoms with Gasteiger partial charge in [0.1, 0.15) is 55.3 Å². The maximum Gasteiger partial charge on any atom is 0.280 e. The van der Waals surface area contributed by atoms with E-state index in [4.69, 9.17) is 57.0 Å². The molecule has 0 bridgehead atoms. The number of carbonyl (C=O) groups is 5. The summed E-state index contributed by atoms with van der Waals surface area (Å²) in [5.41, 5.74) is 7.94. The Morgan fingerprint density at radius 3 is 1.90 bits per heavy atom. The Labute approximate surface area is 412 Å². The van der Waals surface area contributed by atoms with Gasteiger partial charge in [-0.2, -0.15) is 0 Å². The Morgan fingerprint density at radius 1 is 0.843 bits per heavy atom. The second-order valence-corrected chi connectivity index (χ2v) is 15.6. The lowest BCUT2D eigenvalue weighted by Gasteiger charge is -2.15. The number of ether oxygens (including phenoxy) is 1. The summed E-state index contributed by atoms with van der Waals surface area (Å²) in [5.74, 6) is -3.32. The topological polar surface area (TPSA) is 331 Å². The van der Waals surface area contributed by atoms with Crippen LogP contribution in [0.4, 0.5) is 8.78 Å². The standard InChI is InChI=1S/C24H21ClF2N4O6.C6H12N2O3.C5H10N2O3.C4H8N2O2.C2H5BrO/c1-13-2-3-14(21(33)29-18-11-37-31(6-7-32)23(18)34)8-19(13)30-12-28-22(20(25)24(30)35)36-10-15-4-5-16(26)9-17(15)27;1-7-5-4-11-8(2-3-9)6(5)10;6-4-3-10-7(1-2-8)5(4)9;1-5-3-2-8-6-4(3)7;3-1-2-4/h2-5,8-9,12,18,32H,6-7,10-11H2,1H3,(H,29,33);5,7,9H,2-4H2,1H3;4,8H,1-3,6H2;3,5H,2H2,1H3,(H,6,7);4H,1-2H2/t18-;5-;4-;3-;/m1111./s1. The largest absolute Gasteiger partial charge is 0.471 e. The van der Waals surface area contributed by atoms with Crippen molar-refractivity contribution in [3.8, 4) is 11.6 Å². The van der Waals surface area contributed by atoms with Crippen LogP contribution in [-0.2, 0) is 45.1 Å². The first kappa shape index (κ1) is 59.0. The highest BCUT2D eigenvalue weighted by atomic mass is 79.9. The molecule has 29 heteroatoms. The fourth-order valence-electron chi connectivity index (χ4n) is 5.83. The van der Waals surface area contributed by atoms with E-state index in [-0.39, 0.29) is 118 Å². The van der Waals surface area contributed by atoms with E-state index in [1.54, 1.807) is 27.1 Å². The van der Waals surface area contributed by atoms with Crippen LogP contribution >= 0.6 is 27.5 Å². The second-order valence-electron chi connectivity index (χ2n) is 14.4. The average molecular weight is 1080 g/mol. The number of alkyl halides is 1. The van der Waals surface area contributed by atoms with Gasteiger partial charge in [-0.1, -0.05) is 33.6 Å². The summed E-state index contributed by atoms with van der Waals surface area (Å²) in [6.07, 6.45) is 1.15. The summed E-state index contributed by atoms with van der Waals surface area (Å²) in [6.45, 7) is 2.51. The molecule has 25 nitrogen and oxygen atoms in total. The number of halogens is 4. The van der Waals surface area contributed by atoms with Crippen molar-refractivity contribution < 1.29 is 77.3 Å². The Morgan fingerprint density at radius 2 is 1.41 bits per heavy atom. The lowest BCUT2D eigenvalue weighted by atomic mass is 10.1. The minimum atomic E-state index is -0.926. The highest BCUT2D eigenvalue weighted by molar-refractivity contribution is 9.09. The fraction of sp³-hybridized carbons (Fsp3) is 0.488. The summed E-state index contributed by atoms with van der Waals surface area (Å²) < 4.78 is 33.4. The van der Waals surface area contributed by atoms with Crippen LogP contribution in [0.3, 0.4) is 0 Å². The van der Waals surface area contributed by atoms with E-state index >= 15 is 0 Å². The van der Waals surface area contributed by atoms with Crippen LogP contribution in [0.25, 0.3) is 5.69 Å². The normalized spacial score (nSPS) is 19.3. The molecular formula is C41H56BrClF2N10O15. The number of hydroxylamine groups is 7. The van der Waals surface area contributed by atoms with E-state index in [9.17, 15) is 37.5 Å². The van der Waals surface area contributed by atoms with Gasteiger partial charge in [-0.25, -0.2) is 34.4 Å². The molecule has 0 spiro atoms. The van der Waals surface area contributed by atoms with Crippen molar-refractivity contribution in [2.45, 2.75) is 37.7 Å². The molecule has 4 aliphatic rings. The monoisotopic (exact) mass is 1080 g/mol. The molecule has 0 saturated carbocycles. The van der Waals surface area contributed by atoms with Gasteiger partial charge in [-0.05, 0) is 50.8 Å². The number of benzene rings is 2. The van der Waals surface area contributed by atoms with Gasteiger partial charge < -0.3 is 46.8 Å². The molecule has 4 saturated heterocycles. The van der Waals surface area contributed by atoms with Gasteiger partial charge in [-0.3, -0.25) is 52.7 Å². The van der Waals surface area contributed by atoms with E-state index in [0.29, 0.717) is 35.9 Å². The summed E-state index contributed by atoms with van der Waals surface area (Å²) >= 11 is 9.17. The third kappa shape index (κ3) is 17.2. The Hall–Kier alpha value is -5.34. The third-order valence-corrected chi connectivity index (χ3v) is 10.3. The minimum Gasteiger partial charge on any atom is -0.471 e. The summed E-state index contributed by atoms with van der Waals surface area (Å²) in [5, 5.41) is 45.4. The number of nitrogens with two attached hydrogens (primary N) is 1. The molecule has 4 aliphatic heterocycles. The number of nitrogens with zero attached hydrogens (tertiary/aromatic N) is 5. The Kier molecular flexibility index (Phi) is 25.6. The van der Waals surface area contributed by atoms with Crippen molar-refractivity contribution in [2.75, 3.05) is 91.9 Å². The molecule has 10 N–H and O–H groups in total. The number of likely N-dealkylation sites (N-methyl/N-ethyl adjacent to an activating group) is 2. The summed E-state index contributed by atoms with van der Waals surface area (Å²) in [6, 6.07) is 5.67. The smallest absolute Gasteiger partial charge is 0.280 e. The van der Waals surface area contributed by atoms with Gasteiger partial charge in [0.05, 0.1) is 71.6 Å². The fourth-order valence-corrected chi connectivity index (χ4v) is 6.02. The highest BCUT2D eigenvalue weighted by Gasteiger charge is 2.35. The molecule has 0 aliphatic carbocycles. The van der Waals surface area contributed by atoms with Crippen LogP contribution in [0.1, 0.15) is 21.5 Å². The molecule has 1 aromatic heterocycles. The zero-order valence-electron chi connectivity index (χ0n) is 38.1. The molecule has 2 aromatic carbocycles. The van der Waals surface area contributed by atoms with E-state index in [1.807, 2.05) is 0 Å². The molecule has 3 aromatic rings. The zero-order valence-corrected chi connectivity index (χ0v) is 40.5. The van der Waals surface area contributed by atoms with Gasteiger partial charge in [-0.15, -0.1) is 0 Å². The van der Waals surface area contributed by atoms with Crippen molar-refractivity contribution in [3.63, 3.8) is 0 Å². The van der Waals surface area contributed by atoms with Crippen LogP contribution in [0.15, 0.2) is 47.5 Å². The number of aryl methyl sites for hydroxylation is 1. The molecular weight excluding hydrogens is 1030 g/mol. The highest BCUT2D eigenvalue weighted by Crippen LogP contribution is 2.22. The van der Waals surface area contributed by atoms with Gasteiger partial charge in [0, 0.05) is 22.5 Å². The Balaban J connectivity index is 0.000000313. The van der Waals surface area contributed by atoms with Crippen molar-refractivity contribution in [1.29, 1.82) is 0 Å². The lowest BCUT2D eigenvalue weighted by Crippen LogP contribution is -2.43. The van der Waals surface area contributed by atoms with Crippen LogP contribution < -0.4 is 37.5 Å². The zero-order chi connectivity index (χ0) is 51.9. The maximum atomic E-state index is 13.9. The number of amides is 5. The number of aromatic nitrogens is 2. The van der Waals surface area contributed by atoms with Gasteiger partial charge >= 0.3 is 0 Å². The minimum absolute atomic E-state index is 0.0187. The second kappa shape index (κ2) is 30.4. The molecule has 5 heterocycles. The number of carbonyl (C=O) groups excluding carboxylic acids is 5. The predicted octanol–water partition coefficient (Wildman–Crippen LogP) is -2.65. The number of hydrogen-bond donors (Lipinski definition) is 9. The predicted molar refractivity (Wildman–Crippen MR) is 244 cm³/mol. The molecule has 5 amide bonds. The van der Waals surface area contributed by atoms with Crippen molar-refractivity contribution in [3.05, 3.63) is 86.4 Å². The first-order chi connectivity index (χ1) is 33.5. The molecule has 4 fully saturated rings. The van der Waals surface area contributed by atoms with Crippen LogP contribution in [0.5, 0.6) is 5.88 Å². The van der Waals surface area contributed by atoms with Crippen LogP contribution in [0, 0.1) is 18.6 Å². The quantitative estimate of drug-likeness (QED) is 0.0702. The molecule has 7 rings (SSSR count). The van der Waals surface area contributed by atoms with Crippen LogP contribution in [0.2, 0.25) is 5.02 Å². The van der Waals surface area contributed by atoms with Crippen molar-refractivity contribution in [2.24, 2.45) is 5.73 Å². The maximum absolute atomic E-state index is 13.9. The molecule has 4 atom stereocenters. The summed E-state index contributed by atoms with van der Waals surface area (Å²) in [4.78, 5) is 94.1. The van der Waals surface area contributed by atoms with E-state index in [1.165, 1.54) is 23.3 Å². The number of aliphatic hydroxyl groups excluding tert-OH is 4. The van der Waals surface area contributed by atoms with Gasteiger partial charge in [0.2, 0.25) is 5.88 Å². The number of aliphatic hydroxyl groups is 4. The molecule has 70 heavy (non-hydrogen) atoms. The van der Waals surface area contributed by atoms with E-state index < -0.39 is 41.1 Å². The van der Waals surface area contributed by atoms with Gasteiger partial charge in [0.15, 0.2) is 5.02 Å².